The molecule has 0 saturated carbocycles. The highest BCUT2D eigenvalue weighted by Crippen LogP contribution is 2.32. The fourth-order valence-corrected chi connectivity index (χ4v) is 3.23. The second-order valence-electron chi connectivity index (χ2n) is 6.36. The van der Waals surface area contributed by atoms with Crippen LogP contribution in [-0.4, -0.2) is 52.9 Å². The Morgan fingerprint density at radius 2 is 1.92 bits per heavy atom. The van der Waals surface area contributed by atoms with Gasteiger partial charge in [0.05, 0.1) is 37.8 Å². The lowest BCUT2D eigenvalue weighted by Crippen LogP contribution is -2.45. The van der Waals surface area contributed by atoms with Crippen LogP contribution in [-0.2, 0) is 16.0 Å². The summed E-state index contributed by atoms with van der Waals surface area (Å²) in [6.45, 7) is 3.28. The van der Waals surface area contributed by atoms with Crippen molar-refractivity contribution in [3.05, 3.63) is 48.2 Å². The molecule has 8 nitrogen and oxygen atoms in total. The zero-order valence-electron chi connectivity index (χ0n) is 14.4. The van der Waals surface area contributed by atoms with Gasteiger partial charge < -0.3 is 19.7 Å². The molecule has 4 heterocycles. The number of ether oxygens (including phenoxy) is 2. The van der Waals surface area contributed by atoms with E-state index in [9.17, 15) is 4.79 Å². The van der Waals surface area contributed by atoms with Crippen molar-refractivity contribution in [3.63, 3.8) is 0 Å². The van der Waals surface area contributed by atoms with Crippen LogP contribution < -0.4 is 10.2 Å². The highest BCUT2D eigenvalue weighted by molar-refractivity contribution is 5.91. The Kier molecular flexibility index (Phi) is 4.77. The van der Waals surface area contributed by atoms with Crippen molar-refractivity contribution in [2.24, 2.45) is 0 Å². The number of piperidine rings is 1. The average Bonchev–Trinajstić information content (AvgIpc) is 3.16. The van der Waals surface area contributed by atoms with Crippen LogP contribution in [0.25, 0.3) is 0 Å². The van der Waals surface area contributed by atoms with Gasteiger partial charge in [0.1, 0.15) is 11.5 Å². The minimum absolute atomic E-state index is 0.264. The third kappa shape index (κ3) is 3.66. The number of nitrogens with one attached hydrogen (secondary N) is 1. The lowest BCUT2D eigenvalue weighted by atomic mass is 10.0. The molecule has 0 aromatic carbocycles. The van der Waals surface area contributed by atoms with Crippen molar-refractivity contribution in [1.82, 2.24) is 20.3 Å². The first kappa shape index (κ1) is 16.9. The minimum Gasteiger partial charge on any atom is -0.355 e. The van der Waals surface area contributed by atoms with E-state index in [1.165, 1.54) is 6.20 Å². The lowest BCUT2D eigenvalue weighted by Gasteiger charge is -2.37. The maximum atomic E-state index is 12.2. The largest absolute Gasteiger partial charge is 0.355 e. The summed E-state index contributed by atoms with van der Waals surface area (Å²) < 4.78 is 11.5. The number of anilines is 1. The van der Waals surface area contributed by atoms with Gasteiger partial charge in [-0.05, 0) is 12.1 Å². The van der Waals surface area contributed by atoms with E-state index in [2.05, 4.69) is 25.2 Å². The van der Waals surface area contributed by atoms with Crippen LogP contribution in [0.2, 0.25) is 0 Å². The summed E-state index contributed by atoms with van der Waals surface area (Å²) >= 11 is 0. The first-order valence-corrected chi connectivity index (χ1v) is 8.77. The number of rotatable bonds is 4. The highest BCUT2D eigenvalue weighted by atomic mass is 16.7. The molecule has 0 radical (unpaired) electrons. The molecule has 1 amide bonds. The summed E-state index contributed by atoms with van der Waals surface area (Å²) in [6, 6.07) is 5.58. The Bertz CT molecular complexity index is 737. The molecule has 1 spiro atoms. The number of pyridine rings is 1. The predicted molar refractivity (Wildman–Crippen MR) is 93.5 cm³/mol. The molecule has 0 bridgehead atoms. The minimum atomic E-state index is -0.408. The molecule has 2 aliphatic rings. The molecule has 0 atom stereocenters. The monoisotopic (exact) mass is 355 g/mol. The molecule has 2 aromatic heterocycles. The topological polar surface area (TPSA) is 89.5 Å². The molecule has 2 aromatic rings. The molecule has 26 heavy (non-hydrogen) atoms. The summed E-state index contributed by atoms with van der Waals surface area (Å²) in [5.74, 6) is 0.0917. The van der Waals surface area contributed by atoms with Crippen molar-refractivity contribution >= 4 is 11.7 Å². The third-order valence-corrected chi connectivity index (χ3v) is 4.69. The molecule has 136 valence electrons. The SMILES string of the molecule is O=C(NCc1ccccn1)c1cnc(N2CCC3(CC2)OCCO3)cn1. The van der Waals surface area contributed by atoms with Crippen molar-refractivity contribution in [2.75, 3.05) is 31.2 Å². The Labute approximate surface area is 151 Å². The summed E-state index contributed by atoms with van der Waals surface area (Å²) in [7, 11) is 0. The molecule has 4 rings (SSSR count). The quantitative estimate of drug-likeness (QED) is 0.880. The molecular weight excluding hydrogens is 334 g/mol. The first-order chi connectivity index (χ1) is 12.7. The maximum absolute atomic E-state index is 12.2. The molecule has 1 N–H and O–H groups in total. The zero-order chi connectivity index (χ0) is 17.8. The van der Waals surface area contributed by atoms with Gasteiger partial charge in [-0.3, -0.25) is 9.78 Å². The number of amides is 1. The number of nitrogens with zero attached hydrogens (tertiary/aromatic N) is 4. The van der Waals surface area contributed by atoms with E-state index in [0.29, 0.717) is 25.5 Å². The van der Waals surface area contributed by atoms with Crippen LogP contribution in [0.4, 0.5) is 5.82 Å². The van der Waals surface area contributed by atoms with E-state index >= 15 is 0 Å². The van der Waals surface area contributed by atoms with Gasteiger partial charge in [0.15, 0.2) is 5.79 Å². The van der Waals surface area contributed by atoms with Crippen LogP contribution in [0.3, 0.4) is 0 Å². The standard InChI is InChI=1S/C18H21N5O3/c24-17(22-11-14-3-1-2-6-19-14)15-12-21-16(13-20-15)23-7-4-18(5-8-23)25-9-10-26-18/h1-3,6,12-13H,4-5,7-11H2,(H,22,24). The molecule has 2 fully saturated rings. The summed E-state index contributed by atoms with van der Waals surface area (Å²) in [5, 5.41) is 2.80. The van der Waals surface area contributed by atoms with E-state index in [1.54, 1.807) is 12.4 Å². The highest BCUT2D eigenvalue weighted by Gasteiger charge is 2.40. The van der Waals surface area contributed by atoms with Crippen LogP contribution in [0.1, 0.15) is 29.0 Å². The van der Waals surface area contributed by atoms with Crippen molar-refractivity contribution in [2.45, 2.75) is 25.2 Å². The third-order valence-electron chi connectivity index (χ3n) is 4.69. The van der Waals surface area contributed by atoms with E-state index < -0.39 is 5.79 Å². The normalized spacial score (nSPS) is 18.8. The van der Waals surface area contributed by atoms with Gasteiger partial charge in [0.2, 0.25) is 0 Å². The zero-order valence-corrected chi connectivity index (χ0v) is 14.4. The summed E-state index contributed by atoms with van der Waals surface area (Å²) in [4.78, 5) is 27.2. The van der Waals surface area contributed by atoms with E-state index in [-0.39, 0.29) is 5.91 Å². The van der Waals surface area contributed by atoms with Crippen molar-refractivity contribution in [1.29, 1.82) is 0 Å². The maximum Gasteiger partial charge on any atom is 0.271 e. The lowest BCUT2D eigenvalue weighted by molar-refractivity contribution is -0.169. The van der Waals surface area contributed by atoms with Gasteiger partial charge >= 0.3 is 0 Å². The first-order valence-electron chi connectivity index (χ1n) is 8.77. The van der Waals surface area contributed by atoms with Crippen molar-refractivity contribution in [3.8, 4) is 0 Å². The molecular formula is C18H21N5O3. The number of hydrogen-bond acceptors (Lipinski definition) is 7. The van der Waals surface area contributed by atoms with Gasteiger partial charge in [-0.1, -0.05) is 6.07 Å². The molecule has 8 heteroatoms. The van der Waals surface area contributed by atoms with E-state index in [0.717, 1.165) is 37.4 Å². The van der Waals surface area contributed by atoms with Gasteiger partial charge in [-0.2, -0.15) is 0 Å². The Hall–Kier alpha value is -2.58. The second kappa shape index (κ2) is 7.35. The molecule has 2 saturated heterocycles. The number of hydrogen-bond donors (Lipinski definition) is 1. The number of carbonyl (C=O) groups is 1. The van der Waals surface area contributed by atoms with Crippen LogP contribution >= 0.6 is 0 Å². The smallest absolute Gasteiger partial charge is 0.271 e. The van der Waals surface area contributed by atoms with Crippen molar-refractivity contribution < 1.29 is 14.3 Å². The predicted octanol–water partition coefficient (Wildman–Crippen LogP) is 1.14. The fourth-order valence-electron chi connectivity index (χ4n) is 3.23. The van der Waals surface area contributed by atoms with E-state index in [4.69, 9.17) is 9.47 Å². The molecule has 0 unspecified atom stereocenters. The Morgan fingerprint density at radius 1 is 1.12 bits per heavy atom. The van der Waals surface area contributed by atoms with Crippen LogP contribution in [0.15, 0.2) is 36.8 Å². The number of carbonyl (C=O) groups excluding carboxylic acids is 1. The van der Waals surface area contributed by atoms with Crippen LogP contribution in [0, 0.1) is 0 Å². The summed E-state index contributed by atoms with van der Waals surface area (Å²) in [6.07, 6.45) is 6.46. The van der Waals surface area contributed by atoms with Gasteiger partial charge in [0, 0.05) is 32.1 Å². The number of aromatic nitrogens is 3. The molecule has 2 aliphatic heterocycles. The summed E-state index contributed by atoms with van der Waals surface area (Å²) in [5.41, 5.74) is 1.09. The Morgan fingerprint density at radius 3 is 2.58 bits per heavy atom. The molecule has 0 aliphatic carbocycles. The van der Waals surface area contributed by atoms with Gasteiger partial charge in [-0.25, -0.2) is 9.97 Å². The Balaban J connectivity index is 1.32. The van der Waals surface area contributed by atoms with E-state index in [1.807, 2.05) is 18.2 Å². The second-order valence-corrected chi connectivity index (χ2v) is 6.36. The fraction of sp³-hybridized carbons (Fsp3) is 0.444. The van der Waals surface area contributed by atoms with Gasteiger partial charge in [0.25, 0.3) is 5.91 Å². The average molecular weight is 355 g/mol. The van der Waals surface area contributed by atoms with Crippen LogP contribution in [0.5, 0.6) is 0 Å². The van der Waals surface area contributed by atoms with Gasteiger partial charge in [-0.15, -0.1) is 0 Å².